The van der Waals surface area contributed by atoms with Gasteiger partial charge in [0.15, 0.2) is 0 Å². The molecule has 1 amide bonds. The van der Waals surface area contributed by atoms with Crippen LogP contribution in [-0.2, 0) is 29.2 Å². The maximum Gasteiger partial charge on any atom is 0.252 e. The van der Waals surface area contributed by atoms with Crippen LogP contribution in [0, 0.1) is 11.8 Å². The fourth-order valence-electron chi connectivity index (χ4n) is 4.80. The summed E-state index contributed by atoms with van der Waals surface area (Å²) in [6, 6.07) is 6.38. The van der Waals surface area contributed by atoms with Gasteiger partial charge >= 0.3 is 0 Å². The van der Waals surface area contributed by atoms with E-state index in [0.717, 1.165) is 18.6 Å². The van der Waals surface area contributed by atoms with Gasteiger partial charge in [0.1, 0.15) is 23.3 Å². The smallest absolute Gasteiger partial charge is 0.252 e. The van der Waals surface area contributed by atoms with Gasteiger partial charge < -0.3 is 15.0 Å². The van der Waals surface area contributed by atoms with E-state index >= 15 is 0 Å². The third kappa shape index (κ3) is 3.25. The van der Waals surface area contributed by atoms with Crippen molar-refractivity contribution in [3.63, 3.8) is 0 Å². The van der Waals surface area contributed by atoms with Crippen LogP contribution in [0.4, 0.5) is 5.82 Å². The van der Waals surface area contributed by atoms with Gasteiger partial charge in [0, 0.05) is 19.6 Å². The van der Waals surface area contributed by atoms with Crippen LogP contribution in [0.2, 0.25) is 5.02 Å². The van der Waals surface area contributed by atoms with Crippen molar-refractivity contribution >= 4 is 23.3 Å². The number of hydrogen-bond donors (Lipinski definition) is 1. The van der Waals surface area contributed by atoms with Crippen molar-refractivity contribution in [1.82, 2.24) is 14.9 Å². The number of nitrogens with zero attached hydrogens (tertiary/aromatic N) is 3. The number of carbonyl (C=O) groups is 1. The van der Waals surface area contributed by atoms with E-state index in [1.54, 1.807) is 6.20 Å². The molecule has 0 spiro atoms. The molecule has 3 aliphatic rings. The molecule has 2 aromatic rings. The molecule has 1 N–H and O–H groups in total. The van der Waals surface area contributed by atoms with Crippen molar-refractivity contribution < 1.29 is 9.53 Å². The number of rotatable bonds is 4. The first-order valence-electron chi connectivity index (χ1n) is 9.89. The Balaban J connectivity index is 1.24. The largest absolute Gasteiger partial charge is 0.368 e. The topological polar surface area (TPSA) is 67.3 Å². The first kappa shape index (κ1) is 17.9. The molecule has 2 aliphatic heterocycles. The zero-order valence-corrected chi connectivity index (χ0v) is 16.4. The van der Waals surface area contributed by atoms with Crippen LogP contribution in [0.1, 0.15) is 36.0 Å². The number of amides is 1. The average Bonchev–Trinajstić information content (AvgIpc) is 3.41. The Morgan fingerprint density at radius 1 is 1.29 bits per heavy atom. The standard InChI is InChI=1S/C21H23ClN4O2/c22-18-8-23-12-25-20(18)24-7-13-4-5-14-9-26(10-16(14)6-13)21(27)19-17-3-1-2-15(17)11-28-19/h4-6,8,12,15,17,19H,1-3,7,9-11H2,(H,23,24,25)/t15-,17-,19+/m0/s1. The van der Waals surface area contributed by atoms with E-state index in [1.165, 1.54) is 30.3 Å². The summed E-state index contributed by atoms with van der Waals surface area (Å²) in [6.07, 6.45) is 6.38. The summed E-state index contributed by atoms with van der Waals surface area (Å²) in [5.74, 6) is 1.80. The summed E-state index contributed by atoms with van der Waals surface area (Å²) in [7, 11) is 0. The highest BCUT2D eigenvalue weighted by Gasteiger charge is 2.45. The Hall–Kier alpha value is -2.18. The van der Waals surface area contributed by atoms with Crippen molar-refractivity contribution in [1.29, 1.82) is 0 Å². The van der Waals surface area contributed by atoms with E-state index in [1.807, 2.05) is 4.90 Å². The molecule has 0 unspecified atom stereocenters. The van der Waals surface area contributed by atoms with Gasteiger partial charge in [0.2, 0.25) is 0 Å². The lowest BCUT2D eigenvalue weighted by molar-refractivity contribution is -0.143. The van der Waals surface area contributed by atoms with Gasteiger partial charge in [-0.1, -0.05) is 36.2 Å². The molecule has 3 atom stereocenters. The average molecular weight is 399 g/mol. The SMILES string of the molecule is O=C([C@@H]1OC[C@@H]2CCC[C@@H]21)N1Cc2ccc(CNc3ncncc3Cl)cc2C1. The van der Waals surface area contributed by atoms with E-state index in [9.17, 15) is 4.79 Å². The molecule has 1 saturated heterocycles. The number of ether oxygens (including phenoxy) is 1. The van der Waals surface area contributed by atoms with Crippen LogP contribution in [0.15, 0.2) is 30.7 Å². The van der Waals surface area contributed by atoms with E-state index in [-0.39, 0.29) is 12.0 Å². The number of anilines is 1. The lowest BCUT2D eigenvalue weighted by Gasteiger charge is -2.23. The second-order valence-electron chi connectivity index (χ2n) is 7.98. The van der Waals surface area contributed by atoms with E-state index in [2.05, 4.69) is 33.5 Å². The number of aromatic nitrogens is 2. The Labute approximate surface area is 169 Å². The molecule has 1 aliphatic carbocycles. The number of hydrogen-bond acceptors (Lipinski definition) is 5. The fourth-order valence-corrected chi connectivity index (χ4v) is 4.97. The lowest BCUT2D eigenvalue weighted by Crippen LogP contribution is -2.38. The monoisotopic (exact) mass is 398 g/mol. The number of carbonyl (C=O) groups excluding carboxylic acids is 1. The number of benzene rings is 1. The van der Waals surface area contributed by atoms with Crippen LogP contribution >= 0.6 is 11.6 Å². The third-order valence-corrected chi connectivity index (χ3v) is 6.55. The van der Waals surface area contributed by atoms with Gasteiger partial charge in [-0.15, -0.1) is 0 Å². The minimum Gasteiger partial charge on any atom is -0.368 e. The molecule has 5 rings (SSSR count). The fraction of sp³-hybridized carbons (Fsp3) is 0.476. The summed E-state index contributed by atoms with van der Waals surface area (Å²) in [6.45, 7) is 2.71. The maximum atomic E-state index is 13.1. The summed E-state index contributed by atoms with van der Waals surface area (Å²) in [5, 5.41) is 3.74. The molecule has 1 saturated carbocycles. The summed E-state index contributed by atoms with van der Waals surface area (Å²) < 4.78 is 5.89. The molecule has 3 heterocycles. The van der Waals surface area contributed by atoms with Gasteiger partial charge in [-0.2, -0.15) is 0 Å². The van der Waals surface area contributed by atoms with Crippen molar-refractivity contribution in [2.45, 2.75) is 45.0 Å². The zero-order chi connectivity index (χ0) is 19.1. The van der Waals surface area contributed by atoms with Gasteiger partial charge in [-0.25, -0.2) is 9.97 Å². The van der Waals surface area contributed by atoms with Crippen molar-refractivity contribution in [2.75, 3.05) is 11.9 Å². The predicted molar refractivity (Wildman–Crippen MR) is 106 cm³/mol. The first-order valence-corrected chi connectivity index (χ1v) is 10.3. The molecule has 7 heteroatoms. The molecule has 146 valence electrons. The van der Waals surface area contributed by atoms with Gasteiger partial charge in [-0.3, -0.25) is 4.79 Å². The predicted octanol–water partition coefficient (Wildman–Crippen LogP) is 3.40. The molecular formula is C21H23ClN4O2. The highest BCUT2D eigenvalue weighted by Crippen LogP contribution is 2.41. The minimum absolute atomic E-state index is 0.165. The van der Waals surface area contributed by atoms with E-state index in [4.69, 9.17) is 16.3 Å². The number of nitrogens with one attached hydrogen (secondary N) is 1. The number of halogens is 1. The molecule has 6 nitrogen and oxygen atoms in total. The van der Waals surface area contributed by atoms with E-state index in [0.29, 0.717) is 42.3 Å². The van der Waals surface area contributed by atoms with Gasteiger partial charge in [0.05, 0.1) is 12.8 Å². The Bertz CT molecular complexity index is 906. The highest BCUT2D eigenvalue weighted by atomic mass is 35.5. The molecule has 0 radical (unpaired) electrons. The Kier molecular flexibility index (Phi) is 4.69. The Morgan fingerprint density at radius 3 is 3.07 bits per heavy atom. The number of fused-ring (bicyclic) bond motifs is 2. The molecule has 1 aromatic heterocycles. The Morgan fingerprint density at radius 2 is 2.18 bits per heavy atom. The van der Waals surface area contributed by atoms with E-state index < -0.39 is 0 Å². The molecular weight excluding hydrogens is 376 g/mol. The normalized spacial score (nSPS) is 25.6. The first-order chi connectivity index (χ1) is 13.7. The van der Waals surface area contributed by atoms with Crippen LogP contribution < -0.4 is 5.32 Å². The zero-order valence-electron chi connectivity index (χ0n) is 15.6. The summed E-state index contributed by atoms with van der Waals surface area (Å²) in [4.78, 5) is 23.0. The van der Waals surface area contributed by atoms with Crippen LogP contribution in [0.5, 0.6) is 0 Å². The molecule has 2 fully saturated rings. The van der Waals surface area contributed by atoms with Crippen LogP contribution in [0.25, 0.3) is 0 Å². The third-order valence-electron chi connectivity index (χ3n) is 6.27. The summed E-state index contributed by atoms with van der Waals surface area (Å²) in [5.41, 5.74) is 3.57. The minimum atomic E-state index is -0.233. The van der Waals surface area contributed by atoms with Crippen LogP contribution in [0.3, 0.4) is 0 Å². The van der Waals surface area contributed by atoms with Crippen molar-refractivity contribution in [2.24, 2.45) is 11.8 Å². The second-order valence-corrected chi connectivity index (χ2v) is 8.39. The quantitative estimate of drug-likeness (QED) is 0.854. The lowest BCUT2D eigenvalue weighted by atomic mass is 9.94. The van der Waals surface area contributed by atoms with Gasteiger partial charge in [0.25, 0.3) is 5.91 Å². The van der Waals surface area contributed by atoms with Crippen LogP contribution in [-0.4, -0.2) is 33.5 Å². The summed E-state index contributed by atoms with van der Waals surface area (Å²) >= 11 is 6.10. The maximum absolute atomic E-state index is 13.1. The van der Waals surface area contributed by atoms with Gasteiger partial charge in [-0.05, 0) is 41.4 Å². The van der Waals surface area contributed by atoms with Crippen molar-refractivity contribution in [3.05, 3.63) is 52.4 Å². The molecule has 28 heavy (non-hydrogen) atoms. The van der Waals surface area contributed by atoms with Crippen molar-refractivity contribution in [3.8, 4) is 0 Å². The highest BCUT2D eigenvalue weighted by molar-refractivity contribution is 6.32. The second kappa shape index (κ2) is 7.33. The molecule has 1 aromatic carbocycles. The molecule has 0 bridgehead atoms.